The number of para-hydroxylation sites is 1. The zero-order valence-corrected chi connectivity index (χ0v) is 12.9. The van der Waals surface area contributed by atoms with Crippen LogP contribution in [0.2, 0.25) is 0 Å². The highest BCUT2D eigenvalue weighted by Crippen LogP contribution is 2.26. The Balaban J connectivity index is 2.48. The first-order valence-corrected chi connectivity index (χ1v) is 8.40. The van der Waals surface area contributed by atoms with Crippen LogP contribution >= 0.6 is 23.4 Å². The van der Waals surface area contributed by atoms with Crippen molar-refractivity contribution >= 4 is 34.4 Å². The van der Waals surface area contributed by atoms with Gasteiger partial charge in [0.05, 0.1) is 12.1 Å². The molecule has 0 bridgehead atoms. The predicted octanol–water partition coefficient (Wildman–Crippen LogP) is 3.58. The molecule has 19 heavy (non-hydrogen) atoms. The van der Waals surface area contributed by atoms with Gasteiger partial charge < -0.3 is 9.30 Å². The van der Waals surface area contributed by atoms with Crippen LogP contribution in [0.25, 0.3) is 11.0 Å². The summed E-state index contributed by atoms with van der Waals surface area (Å²) in [5.41, 5.74) is 2.09. The second kappa shape index (κ2) is 7.06. The molecule has 0 fully saturated rings. The van der Waals surface area contributed by atoms with Crippen molar-refractivity contribution in [2.75, 3.05) is 24.5 Å². The maximum absolute atomic E-state index is 5.88. The SMILES string of the molecule is CCOc1cccc2c1nc(CCCl)n2CCSC. The minimum Gasteiger partial charge on any atom is -0.492 e. The van der Waals surface area contributed by atoms with Gasteiger partial charge in [-0.25, -0.2) is 4.98 Å². The lowest BCUT2D eigenvalue weighted by Crippen LogP contribution is -2.06. The summed E-state index contributed by atoms with van der Waals surface area (Å²) in [6.45, 7) is 3.60. The summed E-state index contributed by atoms with van der Waals surface area (Å²) in [5.74, 6) is 3.57. The minimum atomic E-state index is 0.590. The molecule has 0 aliphatic carbocycles. The number of fused-ring (bicyclic) bond motifs is 1. The highest BCUT2D eigenvalue weighted by molar-refractivity contribution is 7.98. The molecule has 0 N–H and O–H groups in total. The number of hydrogen-bond donors (Lipinski definition) is 0. The molecule has 0 spiro atoms. The molecule has 3 nitrogen and oxygen atoms in total. The average Bonchev–Trinajstić information content (AvgIpc) is 2.76. The molecule has 0 unspecified atom stereocenters. The number of rotatable bonds is 7. The van der Waals surface area contributed by atoms with Crippen LogP contribution in [-0.4, -0.2) is 34.0 Å². The zero-order chi connectivity index (χ0) is 13.7. The number of halogens is 1. The highest BCUT2D eigenvalue weighted by Gasteiger charge is 2.13. The third-order valence-corrected chi connectivity index (χ3v) is 3.74. The number of nitrogens with zero attached hydrogens (tertiary/aromatic N) is 2. The van der Waals surface area contributed by atoms with Crippen molar-refractivity contribution in [2.24, 2.45) is 0 Å². The smallest absolute Gasteiger partial charge is 0.147 e. The van der Waals surface area contributed by atoms with Crippen molar-refractivity contribution in [2.45, 2.75) is 19.9 Å². The van der Waals surface area contributed by atoms with Crippen molar-refractivity contribution in [3.63, 3.8) is 0 Å². The maximum Gasteiger partial charge on any atom is 0.147 e. The second-order valence-corrected chi connectivity index (χ2v) is 5.53. The lowest BCUT2D eigenvalue weighted by atomic mass is 10.3. The first-order chi connectivity index (χ1) is 9.31. The van der Waals surface area contributed by atoms with Crippen molar-refractivity contribution < 1.29 is 4.74 Å². The fourth-order valence-corrected chi connectivity index (χ4v) is 2.68. The molecule has 1 aromatic carbocycles. The van der Waals surface area contributed by atoms with Crippen LogP contribution in [0.3, 0.4) is 0 Å². The average molecular weight is 299 g/mol. The summed E-state index contributed by atoms with van der Waals surface area (Å²) in [6, 6.07) is 6.10. The van der Waals surface area contributed by atoms with Crippen molar-refractivity contribution in [1.82, 2.24) is 9.55 Å². The maximum atomic E-state index is 5.88. The number of aryl methyl sites for hydroxylation is 2. The Kier molecular flexibility index (Phi) is 5.40. The summed E-state index contributed by atoms with van der Waals surface area (Å²) in [7, 11) is 0. The Morgan fingerprint density at radius 2 is 2.26 bits per heavy atom. The van der Waals surface area contributed by atoms with Gasteiger partial charge in [0.2, 0.25) is 0 Å². The summed E-state index contributed by atoms with van der Waals surface area (Å²) in [4.78, 5) is 4.72. The quantitative estimate of drug-likeness (QED) is 0.731. The van der Waals surface area contributed by atoms with E-state index in [9.17, 15) is 0 Å². The number of benzene rings is 1. The van der Waals surface area contributed by atoms with Gasteiger partial charge in [0, 0.05) is 24.6 Å². The van der Waals surface area contributed by atoms with Gasteiger partial charge in [0.15, 0.2) is 0 Å². The van der Waals surface area contributed by atoms with Crippen LogP contribution in [0.15, 0.2) is 18.2 Å². The second-order valence-electron chi connectivity index (χ2n) is 4.17. The van der Waals surface area contributed by atoms with Gasteiger partial charge in [0.25, 0.3) is 0 Å². The Bertz CT molecular complexity index is 541. The monoisotopic (exact) mass is 298 g/mol. The molecule has 2 aromatic rings. The van der Waals surface area contributed by atoms with E-state index in [0.29, 0.717) is 12.5 Å². The van der Waals surface area contributed by atoms with E-state index < -0.39 is 0 Å². The van der Waals surface area contributed by atoms with Crippen LogP contribution in [0.4, 0.5) is 0 Å². The molecule has 2 rings (SSSR count). The van der Waals surface area contributed by atoms with E-state index in [1.54, 1.807) is 0 Å². The number of hydrogen-bond acceptors (Lipinski definition) is 3. The zero-order valence-electron chi connectivity index (χ0n) is 11.4. The summed E-state index contributed by atoms with van der Waals surface area (Å²) in [6.07, 6.45) is 2.90. The third kappa shape index (κ3) is 3.18. The van der Waals surface area contributed by atoms with Crippen molar-refractivity contribution in [3.8, 4) is 5.75 Å². The molecule has 0 saturated heterocycles. The van der Waals surface area contributed by atoms with E-state index >= 15 is 0 Å². The number of ether oxygens (including phenoxy) is 1. The van der Waals surface area contributed by atoms with Crippen LogP contribution < -0.4 is 4.74 Å². The van der Waals surface area contributed by atoms with Gasteiger partial charge in [-0.15, -0.1) is 11.6 Å². The van der Waals surface area contributed by atoms with Gasteiger partial charge in [0.1, 0.15) is 17.1 Å². The number of alkyl halides is 1. The molecule has 0 radical (unpaired) electrons. The molecule has 5 heteroatoms. The Hall–Kier alpha value is -0.870. The van der Waals surface area contributed by atoms with E-state index in [2.05, 4.69) is 16.9 Å². The van der Waals surface area contributed by atoms with Crippen LogP contribution in [-0.2, 0) is 13.0 Å². The molecule has 1 heterocycles. The lowest BCUT2D eigenvalue weighted by Gasteiger charge is -2.07. The Labute approximate surface area is 123 Å². The van der Waals surface area contributed by atoms with Crippen molar-refractivity contribution in [1.29, 1.82) is 0 Å². The van der Waals surface area contributed by atoms with E-state index in [1.807, 2.05) is 30.8 Å². The highest BCUT2D eigenvalue weighted by atomic mass is 35.5. The van der Waals surface area contributed by atoms with Gasteiger partial charge in [-0.3, -0.25) is 0 Å². The molecule has 0 atom stereocenters. The molecular formula is C14H19ClN2OS. The van der Waals surface area contributed by atoms with Gasteiger partial charge in [-0.05, 0) is 25.3 Å². The third-order valence-electron chi connectivity index (χ3n) is 2.96. The summed E-state index contributed by atoms with van der Waals surface area (Å²) < 4.78 is 7.92. The fourth-order valence-electron chi connectivity index (χ4n) is 2.15. The molecule has 104 valence electrons. The van der Waals surface area contributed by atoms with Crippen LogP contribution in [0.1, 0.15) is 12.7 Å². The van der Waals surface area contributed by atoms with Crippen LogP contribution in [0.5, 0.6) is 5.75 Å². The lowest BCUT2D eigenvalue weighted by molar-refractivity contribution is 0.343. The van der Waals surface area contributed by atoms with E-state index in [4.69, 9.17) is 21.3 Å². The number of thioether (sulfide) groups is 1. The molecular weight excluding hydrogens is 280 g/mol. The van der Waals surface area contributed by atoms with Gasteiger partial charge in [-0.2, -0.15) is 11.8 Å². The summed E-state index contributed by atoms with van der Waals surface area (Å²) >= 11 is 7.72. The van der Waals surface area contributed by atoms with E-state index in [-0.39, 0.29) is 0 Å². The predicted molar refractivity (Wildman–Crippen MR) is 83.7 cm³/mol. The molecule has 0 amide bonds. The molecule has 1 aromatic heterocycles. The minimum absolute atomic E-state index is 0.590. The Morgan fingerprint density at radius 3 is 2.95 bits per heavy atom. The van der Waals surface area contributed by atoms with Gasteiger partial charge in [-0.1, -0.05) is 6.07 Å². The molecule has 0 aliphatic heterocycles. The van der Waals surface area contributed by atoms with Crippen molar-refractivity contribution in [3.05, 3.63) is 24.0 Å². The van der Waals surface area contributed by atoms with E-state index in [1.165, 1.54) is 0 Å². The summed E-state index contributed by atoms with van der Waals surface area (Å²) in [5, 5.41) is 0. The first-order valence-electron chi connectivity index (χ1n) is 6.47. The number of aromatic nitrogens is 2. The normalized spacial score (nSPS) is 11.1. The standard InChI is InChI=1S/C14H19ClN2OS/c1-3-18-12-6-4-5-11-14(12)16-13(7-8-15)17(11)9-10-19-2/h4-6H,3,7-10H2,1-2H3. The fraction of sp³-hybridized carbons (Fsp3) is 0.500. The largest absolute Gasteiger partial charge is 0.492 e. The Morgan fingerprint density at radius 1 is 1.42 bits per heavy atom. The van der Waals surface area contributed by atoms with E-state index in [0.717, 1.165) is 41.3 Å². The van der Waals surface area contributed by atoms with Crippen LogP contribution in [0, 0.1) is 0 Å². The molecule has 0 saturated carbocycles. The topological polar surface area (TPSA) is 27.1 Å². The number of imidazole rings is 1. The first kappa shape index (κ1) is 14.5. The van der Waals surface area contributed by atoms with Gasteiger partial charge >= 0.3 is 0 Å². The molecule has 0 aliphatic rings.